The second kappa shape index (κ2) is 7.73. The van der Waals surface area contributed by atoms with Crippen LogP contribution in [0.25, 0.3) is 0 Å². The lowest BCUT2D eigenvalue weighted by Gasteiger charge is -2.41. The molecule has 0 aromatic heterocycles. The van der Waals surface area contributed by atoms with Crippen LogP contribution in [0, 0.1) is 10.1 Å². The smallest absolute Gasteiger partial charge is 0.319 e. The molecule has 142 valence electrons. The SMILES string of the molecule is CC1(C)OC[C@H](NC(=O)Nc2ccccc2[N+](=O)[O-])[C@@H](c2ccccc2)O1. The molecule has 0 radical (unpaired) electrons. The number of carbonyl (C=O) groups is 1. The number of urea groups is 1. The Morgan fingerprint density at radius 1 is 1.15 bits per heavy atom. The summed E-state index contributed by atoms with van der Waals surface area (Å²) in [7, 11) is 0. The van der Waals surface area contributed by atoms with E-state index in [4.69, 9.17) is 9.47 Å². The third kappa shape index (κ3) is 4.60. The number of nitro benzene ring substituents is 1. The molecular formula is C19H21N3O5. The molecule has 2 aromatic carbocycles. The Labute approximate surface area is 156 Å². The monoisotopic (exact) mass is 371 g/mol. The van der Waals surface area contributed by atoms with Crippen molar-refractivity contribution in [2.75, 3.05) is 11.9 Å². The predicted octanol–water partition coefficient (Wildman–Crippen LogP) is 3.61. The molecule has 0 spiro atoms. The molecule has 0 aliphatic carbocycles. The van der Waals surface area contributed by atoms with Crippen molar-refractivity contribution in [3.63, 3.8) is 0 Å². The van der Waals surface area contributed by atoms with Gasteiger partial charge in [-0.2, -0.15) is 0 Å². The first kappa shape index (κ1) is 18.8. The molecule has 0 bridgehead atoms. The van der Waals surface area contributed by atoms with Crippen LogP contribution in [0.15, 0.2) is 54.6 Å². The topological polar surface area (TPSA) is 103 Å². The molecule has 2 N–H and O–H groups in total. The zero-order chi connectivity index (χ0) is 19.4. The largest absolute Gasteiger partial charge is 0.348 e. The highest BCUT2D eigenvalue weighted by Gasteiger charge is 2.38. The van der Waals surface area contributed by atoms with Gasteiger partial charge in [0.25, 0.3) is 5.69 Å². The van der Waals surface area contributed by atoms with Crippen LogP contribution in [-0.2, 0) is 9.47 Å². The van der Waals surface area contributed by atoms with Gasteiger partial charge >= 0.3 is 6.03 Å². The van der Waals surface area contributed by atoms with Crippen LogP contribution in [0.3, 0.4) is 0 Å². The third-order valence-corrected chi connectivity index (χ3v) is 4.18. The number of nitrogens with one attached hydrogen (secondary N) is 2. The van der Waals surface area contributed by atoms with E-state index in [1.807, 2.05) is 44.2 Å². The second-order valence-electron chi connectivity index (χ2n) is 6.64. The van der Waals surface area contributed by atoms with Crippen LogP contribution < -0.4 is 10.6 Å². The summed E-state index contributed by atoms with van der Waals surface area (Å²) in [4.78, 5) is 23.0. The molecule has 1 fully saturated rings. The highest BCUT2D eigenvalue weighted by Crippen LogP contribution is 2.33. The molecule has 27 heavy (non-hydrogen) atoms. The van der Waals surface area contributed by atoms with Crippen molar-refractivity contribution in [3.05, 3.63) is 70.3 Å². The molecule has 2 aromatic rings. The molecule has 8 heteroatoms. The van der Waals surface area contributed by atoms with Gasteiger partial charge in [0.2, 0.25) is 0 Å². The van der Waals surface area contributed by atoms with Gasteiger partial charge in [0.1, 0.15) is 11.8 Å². The van der Waals surface area contributed by atoms with Crippen molar-refractivity contribution in [1.82, 2.24) is 5.32 Å². The lowest BCUT2D eigenvalue weighted by Crippen LogP contribution is -2.52. The van der Waals surface area contributed by atoms with E-state index >= 15 is 0 Å². The summed E-state index contributed by atoms with van der Waals surface area (Å²) in [6, 6.07) is 14.5. The molecule has 8 nitrogen and oxygen atoms in total. The van der Waals surface area contributed by atoms with Crippen LogP contribution in [0.4, 0.5) is 16.2 Å². The summed E-state index contributed by atoms with van der Waals surface area (Å²) in [6.07, 6.45) is -0.411. The molecular weight excluding hydrogens is 350 g/mol. The van der Waals surface area contributed by atoms with E-state index in [0.29, 0.717) is 0 Å². The van der Waals surface area contributed by atoms with E-state index in [2.05, 4.69) is 10.6 Å². The summed E-state index contributed by atoms with van der Waals surface area (Å²) >= 11 is 0. The minimum atomic E-state index is -0.784. The highest BCUT2D eigenvalue weighted by molar-refractivity contribution is 5.92. The maximum absolute atomic E-state index is 12.4. The maximum Gasteiger partial charge on any atom is 0.319 e. The number of hydrogen-bond acceptors (Lipinski definition) is 5. The van der Waals surface area contributed by atoms with Crippen LogP contribution >= 0.6 is 0 Å². The van der Waals surface area contributed by atoms with Crippen molar-refractivity contribution < 1.29 is 19.2 Å². The minimum absolute atomic E-state index is 0.120. The Kier molecular flexibility index (Phi) is 5.38. The van der Waals surface area contributed by atoms with Crippen molar-refractivity contribution in [2.45, 2.75) is 31.8 Å². The van der Waals surface area contributed by atoms with Gasteiger partial charge in [0, 0.05) is 6.07 Å². The van der Waals surface area contributed by atoms with Gasteiger partial charge < -0.3 is 20.1 Å². The first-order valence-electron chi connectivity index (χ1n) is 8.53. The molecule has 0 unspecified atom stereocenters. The highest BCUT2D eigenvalue weighted by atomic mass is 16.7. The molecule has 1 aliphatic rings. The minimum Gasteiger partial charge on any atom is -0.348 e. The molecule has 1 saturated heterocycles. The third-order valence-electron chi connectivity index (χ3n) is 4.18. The van der Waals surface area contributed by atoms with Crippen LogP contribution in [0.1, 0.15) is 25.5 Å². The number of rotatable bonds is 4. The Morgan fingerprint density at radius 3 is 2.52 bits per heavy atom. The number of amides is 2. The number of anilines is 1. The average Bonchev–Trinajstić information content (AvgIpc) is 2.64. The first-order chi connectivity index (χ1) is 12.9. The van der Waals surface area contributed by atoms with E-state index in [-0.39, 0.29) is 18.0 Å². The number of nitro groups is 1. The van der Waals surface area contributed by atoms with Crippen LogP contribution in [0.5, 0.6) is 0 Å². The Balaban J connectivity index is 1.75. The van der Waals surface area contributed by atoms with E-state index in [1.54, 1.807) is 6.07 Å². The van der Waals surface area contributed by atoms with Crippen LogP contribution in [-0.4, -0.2) is 29.4 Å². The fraction of sp³-hybridized carbons (Fsp3) is 0.316. The van der Waals surface area contributed by atoms with E-state index < -0.39 is 28.9 Å². The van der Waals surface area contributed by atoms with Gasteiger partial charge in [-0.1, -0.05) is 42.5 Å². The molecule has 0 saturated carbocycles. The van der Waals surface area contributed by atoms with Crippen molar-refractivity contribution >= 4 is 17.4 Å². The number of carbonyl (C=O) groups excluding carboxylic acids is 1. The normalized spacial score (nSPS) is 21.3. The molecule has 2 atom stereocenters. The lowest BCUT2D eigenvalue weighted by atomic mass is 10.0. The summed E-state index contributed by atoms with van der Waals surface area (Å²) < 4.78 is 11.7. The van der Waals surface area contributed by atoms with Gasteiger partial charge in [-0.3, -0.25) is 10.1 Å². The van der Waals surface area contributed by atoms with Crippen LogP contribution in [0.2, 0.25) is 0 Å². The zero-order valence-corrected chi connectivity index (χ0v) is 15.0. The number of ether oxygens (including phenoxy) is 2. The molecule has 3 rings (SSSR count). The van der Waals surface area contributed by atoms with E-state index in [9.17, 15) is 14.9 Å². The average molecular weight is 371 g/mol. The second-order valence-corrected chi connectivity index (χ2v) is 6.64. The Hall–Kier alpha value is -2.97. The number of para-hydroxylation sites is 2. The van der Waals surface area contributed by atoms with E-state index in [0.717, 1.165) is 5.56 Å². The quantitative estimate of drug-likeness (QED) is 0.631. The Bertz CT molecular complexity index is 825. The maximum atomic E-state index is 12.4. The number of nitrogens with zero attached hydrogens (tertiary/aromatic N) is 1. The summed E-state index contributed by atoms with van der Waals surface area (Å²) in [6.45, 7) is 3.87. The summed E-state index contributed by atoms with van der Waals surface area (Å²) in [5, 5.41) is 16.4. The standard InChI is InChI=1S/C19H21N3O5/c1-19(2)26-12-15(17(27-19)13-8-4-3-5-9-13)21-18(23)20-14-10-6-7-11-16(14)22(24)25/h3-11,15,17H,12H2,1-2H3,(H2,20,21,23)/t15-,17+/m0/s1. The van der Waals surface area contributed by atoms with E-state index in [1.165, 1.54) is 18.2 Å². The molecule has 1 heterocycles. The zero-order valence-electron chi connectivity index (χ0n) is 15.0. The van der Waals surface area contributed by atoms with Crippen molar-refractivity contribution in [1.29, 1.82) is 0 Å². The number of benzene rings is 2. The van der Waals surface area contributed by atoms with Gasteiger partial charge in [-0.25, -0.2) is 4.79 Å². The molecule has 1 aliphatic heterocycles. The predicted molar refractivity (Wildman–Crippen MR) is 99.3 cm³/mol. The first-order valence-corrected chi connectivity index (χ1v) is 8.53. The summed E-state index contributed by atoms with van der Waals surface area (Å²) in [5.41, 5.74) is 0.851. The van der Waals surface area contributed by atoms with Crippen molar-refractivity contribution in [3.8, 4) is 0 Å². The number of hydrogen-bond donors (Lipinski definition) is 2. The fourth-order valence-electron chi connectivity index (χ4n) is 2.93. The summed E-state index contributed by atoms with van der Waals surface area (Å²) in [5.74, 6) is -0.784. The molecule has 2 amide bonds. The van der Waals surface area contributed by atoms with Gasteiger partial charge in [-0.05, 0) is 25.5 Å². The Morgan fingerprint density at radius 2 is 1.81 bits per heavy atom. The lowest BCUT2D eigenvalue weighted by molar-refractivity contribution is -0.383. The van der Waals surface area contributed by atoms with Gasteiger partial charge in [-0.15, -0.1) is 0 Å². The van der Waals surface area contributed by atoms with Crippen molar-refractivity contribution in [2.24, 2.45) is 0 Å². The fourth-order valence-corrected chi connectivity index (χ4v) is 2.93. The van der Waals surface area contributed by atoms with Gasteiger partial charge in [0.05, 0.1) is 17.6 Å². The van der Waals surface area contributed by atoms with Gasteiger partial charge in [0.15, 0.2) is 5.79 Å².